The van der Waals surface area contributed by atoms with Crippen molar-refractivity contribution in [2.75, 3.05) is 25.6 Å². The zero-order chi connectivity index (χ0) is 12.0. The third-order valence-electron chi connectivity index (χ3n) is 2.25. The van der Waals surface area contributed by atoms with Crippen LogP contribution in [0.25, 0.3) is 0 Å². The Balaban J connectivity index is 2.40. The summed E-state index contributed by atoms with van der Waals surface area (Å²) >= 11 is 0. The van der Waals surface area contributed by atoms with E-state index in [1.54, 1.807) is 6.20 Å². The lowest BCUT2D eigenvalue weighted by atomic mass is 10.3. The van der Waals surface area contributed by atoms with Gasteiger partial charge in [0.2, 0.25) is 0 Å². The summed E-state index contributed by atoms with van der Waals surface area (Å²) in [7, 11) is 3.35. The zero-order valence-electron chi connectivity index (χ0n) is 9.93. The maximum atomic E-state index is 10.9. The van der Waals surface area contributed by atoms with Crippen LogP contribution in [0.1, 0.15) is 18.7 Å². The van der Waals surface area contributed by atoms with Crippen LogP contribution >= 0.6 is 0 Å². The predicted molar refractivity (Wildman–Crippen MR) is 61.3 cm³/mol. The number of hydrogen-bond donors (Lipinski definition) is 0. The second-order valence-corrected chi connectivity index (χ2v) is 3.56. The van der Waals surface area contributed by atoms with Gasteiger partial charge in [-0.15, -0.1) is 0 Å². The Morgan fingerprint density at radius 1 is 1.56 bits per heavy atom. The van der Waals surface area contributed by atoms with E-state index in [4.69, 9.17) is 0 Å². The first-order valence-corrected chi connectivity index (χ1v) is 5.21. The molecule has 5 nitrogen and oxygen atoms in total. The zero-order valence-corrected chi connectivity index (χ0v) is 9.93. The minimum absolute atomic E-state index is 0.174. The molecule has 0 unspecified atom stereocenters. The Labute approximate surface area is 95.5 Å². The molecule has 88 valence electrons. The fraction of sp³-hybridized carbons (Fsp3) is 0.545. The van der Waals surface area contributed by atoms with Crippen LogP contribution in [0.5, 0.6) is 0 Å². The van der Waals surface area contributed by atoms with E-state index < -0.39 is 0 Å². The van der Waals surface area contributed by atoms with Gasteiger partial charge in [-0.1, -0.05) is 0 Å². The number of ether oxygens (including phenoxy) is 1. The quantitative estimate of drug-likeness (QED) is 0.701. The van der Waals surface area contributed by atoms with Crippen LogP contribution in [0.2, 0.25) is 0 Å². The van der Waals surface area contributed by atoms with Gasteiger partial charge in [0.25, 0.3) is 0 Å². The van der Waals surface area contributed by atoms with E-state index in [9.17, 15) is 4.79 Å². The van der Waals surface area contributed by atoms with Crippen molar-refractivity contribution in [3.8, 4) is 0 Å². The monoisotopic (exact) mass is 223 g/mol. The summed E-state index contributed by atoms with van der Waals surface area (Å²) < 4.78 is 4.57. The van der Waals surface area contributed by atoms with Gasteiger partial charge in [-0.05, 0) is 19.4 Å². The highest BCUT2D eigenvalue weighted by molar-refractivity contribution is 5.69. The molecule has 0 saturated carbocycles. The molecule has 1 rings (SSSR count). The number of anilines is 1. The summed E-state index contributed by atoms with van der Waals surface area (Å²) in [5.74, 6) is 1.45. The summed E-state index contributed by atoms with van der Waals surface area (Å²) in [6, 6.07) is 1.85. The standard InChI is InChI=1S/C11H17N3O2/c1-9-12-7-6-10(13-9)14(2)8-4-5-11(15)16-3/h6-7H,4-5,8H2,1-3H3. The summed E-state index contributed by atoms with van der Waals surface area (Å²) in [4.78, 5) is 21.2. The second-order valence-electron chi connectivity index (χ2n) is 3.56. The summed E-state index contributed by atoms with van der Waals surface area (Å²) in [5.41, 5.74) is 0. The van der Waals surface area contributed by atoms with E-state index in [2.05, 4.69) is 14.7 Å². The summed E-state index contributed by atoms with van der Waals surface area (Å²) in [6.45, 7) is 2.62. The van der Waals surface area contributed by atoms with Gasteiger partial charge in [0.1, 0.15) is 11.6 Å². The van der Waals surface area contributed by atoms with Crippen molar-refractivity contribution < 1.29 is 9.53 Å². The SMILES string of the molecule is COC(=O)CCCN(C)c1ccnc(C)n1. The van der Waals surface area contributed by atoms with Crippen LogP contribution in [0.3, 0.4) is 0 Å². The van der Waals surface area contributed by atoms with Crippen LogP contribution in [-0.4, -0.2) is 36.6 Å². The molecule has 0 N–H and O–H groups in total. The van der Waals surface area contributed by atoms with E-state index in [1.807, 2.05) is 24.9 Å². The van der Waals surface area contributed by atoms with E-state index in [0.717, 1.165) is 24.6 Å². The van der Waals surface area contributed by atoms with Crippen molar-refractivity contribution in [1.29, 1.82) is 0 Å². The third kappa shape index (κ3) is 3.84. The van der Waals surface area contributed by atoms with Gasteiger partial charge in [0.15, 0.2) is 0 Å². The lowest BCUT2D eigenvalue weighted by Crippen LogP contribution is -2.21. The molecule has 0 aliphatic rings. The molecule has 1 aromatic rings. The van der Waals surface area contributed by atoms with Gasteiger partial charge in [-0.2, -0.15) is 0 Å². The maximum Gasteiger partial charge on any atom is 0.305 e. The van der Waals surface area contributed by atoms with Crippen molar-refractivity contribution in [2.24, 2.45) is 0 Å². The number of carbonyl (C=O) groups is 1. The van der Waals surface area contributed by atoms with Crippen molar-refractivity contribution in [2.45, 2.75) is 19.8 Å². The molecular weight excluding hydrogens is 206 g/mol. The first-order chi connectivity index (χ1) is 7.63. The number of esters is 1. The first-order valence-electron chi connectivity index (χ1n) is 5.21. The molecule has 16 heavy (non-hydrogen) atoms. The Morgan fingerprint density at radius 2 is 2.31 bits per heavy atom. The fourth-order valence-electron chi connectivity index (χ4n) is 1.33. The van der Waals surface area contributed by atoms with Gasteiger partial charge < -0.3 is 9.64 Å². The molecule has 0 aromatic carbocycles. The lowest BCUT2D eigenvalue weighted by Gasteiger charge is -2.17. The smallest absolute Gasteiger partial charge is 0.305 e. The van der Waals surface area contributed by atoms with Crippen LogP contribution in [0, 0.1) is 6.92 Å². The van der Waals surface area contributed by atoms with E-state index in [0.29, 0.717) is 6.42 Å². The molecule has 0 bridgehead atoms. The fourth-order valence-corrected chi connectivity index (χ4v) is 1.33. The lowest BCUT2D eigenvalue weighted by molar-refractivity contribution is -0.140. The molecule has 0 fully saturated rings. The topological polar surface area (TPSA) is 55.3 Å². The third-order valence-corrected chi connectivity index (χ3v) is 2.25. The second kappa shape index (κ2) is 6.05. The normalized spacial score (nSPS) is 9.94. The number of hydrogen-bond acceptors (Lipinski definition) is 5. The summed E-state index contributed by atoms with van der Waals surface area (Å²) in [6.07, 6.45) is 2.92. The molecule has 0 spiro atoms. The Kier molecular flexibility index (Phi) is 4.69. The minimum atomic E-state index is -0.174. The van der Waals surface area contributed by atoms with Crippen molar-refractivity contribution in [1.82, 2.24) is 9.97 Å². The van der Waals surface area contributed by atoms with Gasteiger partial charge in [-0.25, -0.2) is 9.97 Å². The summed E-state index contributed by atoms with van der Waals surface area (Å²) in [5, 5.41) is 0. The number of nitrogens with zero attached hydrogens (tertiary/aromatic N) is 3. The number of carbonyl (C=O) groups excluding carboxylic acids is 1. The number of aromatic nitrogens is 2. The molecule has 0 saturated heterocycles. The highest BCUT2D eigenvalue weighted by Gasteiger charge is 2.05. The maximum absolute atomic E-state index is 10.9. The van der Waals surface area contributed by atoms with Crippen molar-refractivity contribution in [3.05, 3.63) is 18.1 Å². The first kappa shape index (κ1) is 12.4. The molecule has 0 radical (unpaired) electrons. The van der Waals surface area contributed by atoms with Gasteiger partial charge in [0, 0.05) is 26.2 Å². The Bertz CT molecular complexity index is 355. The molecule has 0 atom stereocenters. The number of aryl methyl sites for hydroxylation is 1. The van der Waals surface area contributed by atoms with Crippen LogP contribution in [0.4, 0.5) is 5.82 Å². The largest absolute Gasteiger partial charge is 0.469 e. The van der Waals surface area contributed by atoms with Crippen LogP contribution in [0.15, 0.2) is 12.3 Å². The minimum Gasteiger partial charge on any atom is -0.469 e. The van der Waals surface area contributed by atoms with E-state index >= 15 is 0 Å². The van der Waals surface area contributed by atoms with Crippen LogP contribution < -0.4 is 4.90 Å². The molecule has 1 heterocycles. The predicted octanol–water partition coefficient (Wildman–Crippen LogP) is 1.17. The molecular formula is C11H17N3O2. The molecule has 0 aliphatic heterocycles. The molecule has 0 aliphatic carbocycles. The number of methoxy groups -OCH3 is 1. The number of rotatable bonds is 5. The Hall–Kier alpha value is -1.65. The highest BCUT2D eigenvalue weighted by atomic mass is 16.5. The molecule has 1 aromatic heterocycles. The van der Waals surface area contributed by atoms with Crippen LogP contribution in [-0.2, 0) is 9.53 Å². The van der Waals surface area contributed by atoms with Gasteiger partial charge in [0.05, 0.1) is 7.11 Å². The van der Waals surface area contributed by atoms with Gasteiger partial charge in [-0.3, -0.25) is 4.79 Å². The average molecular weight is 223 g/mol. The van der Waals surface area contributed by atoms with Crippen molar-refractivity contribution in [3.63, 3.8) is 0 Å². The van der Waals surface area contributed by atoms with E-state index in [-0.39, 0.29) is 5.97 Å². The average Bonchev–Trinajstić information content (AvgIpc) is 2.28. The van der Waals surface area contributed by atoms with Gasteiger partial charge >= 0.3 is 5.97 Å². The highest BCUT2D eigenvalue weighted by Crippen LogP contribution is 2.08. The van der Waals surface area contributed by atoms with E-state index in [1.165, 1.54) is 7.11 Å². The molecule has 5 heteroatoms. The van der Waals surface area contributed by atoms with Crippen molar-refractivity contribution >= 4 is 11.8 Å². The molecule has 0 amide bonds. The Morgan fingerprint density at radius 3 is 2.94 bits per heavy atom.